The first-order valence-corrected chi connectivity index (χ1v) is 10.3. The van der Waals surface area contributed by atoms with E-state index in [2.05, 4.69) is 17.2 Å². The molecule has 0 radical (unpaired) electrons. The van der Waals surface area contributed by atoms with Crippen LogP contribution in [0.25, 0.3) is 10.9 Å². The number of aliphatic carboxylic acids is 1. The fraction of sp³-hybridized carbons (Fsp3) is 0.500. The monoisotopic (exact) mass is 402 g/mol. The molecular formula is C22H30N2O5. The molecule has 0 aliphatic heterocycles. The number of unbranched alkanes of at least 4 members (excludes halogenated alkanes) is 7. The quantitative estimate of drug-likeness (QED) is 0.432. The van der Waals surface area contributed by atoms with Crippen LogP contribution in [0.2, 0.25) is 0 Å². The van der Waals surface area contributed by atoms with E-state index in [1.54, 1.807) is 18.2 Å². The first-order valence-electron chi connectivity index (χ1n) is 10.3. The lowest BCUT2D eigenvalue weighted by Gasteiger charge is -2.09. The Morgan fingerprint density at radius 3 is 2.41 bits per heavy atom. The molecule has 29 heavy (non-hydrogen) atoms. The van der Waals surface area contributed by atoms with E-state index in [0.717, 1.165) is 12.8 Å². The molecule has 0 fully saturated rings. The Hall–Kier alpha value is -2.83. The molecule has 0 aliphatic carbocycles. The van der Waals surface area contributed by atoms with Crippen LogP contribution in [-0.4, -0.2) is 40.2 Å². The maximum absolute atomic E-state index is 12.0. The van der Waals surface area contributed by atoms with E-state index in [-0.39, 0.29) is 11.4 Å². The molecule has 1 heterocycles. The first-order chi connectivity index (χ1) is 14.0. The summed E-state index contributed by atoms with van der Waals surface area (Å²) in [6.07, 6.45) is 9.89. The van der Waals surface area contributed by atoms with Crippen LogP contribution >= 0.6 is 0 Å². The van der Waals surface area contributed by atoms with E-state index in [1.165, 1.54) is 44.6 Å². The third kappa shape index (κ3) is 7.60. The van der Waals surface area contributed by atoms with Crippen molar-refractivity contribution in [2.45, 2.75) is 58.3 Å². The number of fused-ring (bicyclic) bond motifs is 1. The Balaban J connectivity index is 1.84. The second-order valence-corrected chi connectivity index (χ2v) is 7.11. The standard InChI is InChI=1S/C22H30N2O5/c1-2-3-4-5-6-7-8-9-12-29-17-10-11-18-16(13-17)14-19(25)21(24-18)22(28)23-15-20(26)27/h10-11,13-14,25H,2-9,12,15H2,1H3,(H,23,28)(H,26,27). The Kier molecular flexibility index (Phi) is 9.21. The van der Waals surface area contributed by atoms with Gasteiger partial charge in [-0.05, 0) is 30.7 Å². The summed E-state index contributed by atoms with van der Waals surface area (Å²) in [6, 6.07) is 6.69. The minimum Gasteiger partial charge on any atom is -0.505 e. The molecule has 2 aromatic rings. The third-order valence-electron chi connectivity index (χ3n) is 4.65. The summed E-state index contributed by atoms with van der Waals surface area (Å²) in [4.78, 5) is 26.7. The van der Waals surface area contributed by atoms with Crippen LogP contribution in [0.5, 0.6) is 11.5 Å². The predicted molar refractivity (Wildman–Crippen MR) is 111 cm³/mol. The smallest absolute Gasteiger partial charge is 0.322 e. The number of hydrogen-bond acceptors (Lipinski definition) is 5. The van der Waals surface area contributed by atoms with Crippen LogP contribution in [0.3, 0.4) is 0 Å². The van der Waals surface area contributed by atoms with Gasteiger partial charge in [0.2, 0.25) is 0 Å². The number of carboxylic acid groups (broad SMARTS) is 1. The lowest BCUT2D eigenvalue weighted by atomic mass is 10.1. The Labute approximate surface area is 171 Å². The maximum atomic E-state index is 12.0. The number of nitrogens with one attached hydrogen (secondary N) is 1. The van der Waals surface area contributed by atoms with Gasteiger partial charge in [-0.15, -0.1) is 0 Å². The van der Waals surface area contributed by atoms with Gasteiger partial charge in [0.25, 0.3) is 5.91 Å². The van der Waals surface area contributed by atoms with Gasteiger partial charge in [0, 0.05) is 5.39 Å². The number of carboxylic acids is 1. The molecule has 0 saturated heterocycles. The summed E-state index contributed by atoms with van der Waals surface area (Å²) in [5, 5.41) is 21.5. The Morgan fingerprint density at radius 2 is 1.72 bits per heavy atom. The number of carbonyl (C=O) groups is 2. The van der Waals surface area contributed by atoms with Crippen LogP contribution in [0, 0.1) is 0 Å². The third-order valence-corrected chi connectivity index (χ3v) is 4.65. The summed E-state index contributed by atoms with van der Waals surface area (Å²) in [6.45, 7) is 2.32. The number of benzene rings is 1. The first kappa shape index (κ1) is 22.5. The van der Waals surface area contributed by atoms with Crippen molar-refractivity contribution < 1.29 is 24.5 Å². The van der Waals surface area contributed by atoms with Crippen LogP contribution < -0.4 is 10.1 Å². The van der Waals surface area contributed by atoms with Gasteiger partial charge < -0.3 is 20.3 Å². The topological polar surface area (TPSA) is 109 Å². The zero-order chi connectivity index (χ0) is 21.1. The molecule has 1 aromatic heterocycles. The zero-order valence-electron chi connectivity index (χ0n) is 16.9. The van der Waals surface area contributed by atoms with Gasteiger partial charge >= 0.3 is 5.97 Å². The minimum absolute atomic E-state index is 0.202. The fourth-order valence-corrected chi connectivity index (χ4v) is 3.07. The second-order valence-electron chi connectivity index (χ2n) is 7.11. The predicted octanol–water partition coefficient (Wildman–Crippen LogP) is 4.27. The zero-order valence-corrected chi connectivity index (χ0v) is 16.9. The minimum atomic E-state index is -1.17. The molecule has 1 aromatic carbocycles. The van der Waals surface area contributed by atoms with Gasteiger partial charge in [0.15, 0.2) is 5.69 Å². The molecule has 1 amide bonds. The number of aromatic nitrogens is 1. The molecule has 0 saturated carbocycles. The lowest BCUT2D eigenvalue weighted by Crippen LogP contribution is -2.29. The van der Waals surface area contributed by atoms with Crippen molar-refractivity contribution in [1.82, 2.24) is 10.3 Å². The van der Waals surface area contributed by atoms with Crippen molar-refractivity contribution in [2.24, 2.45) is 0 Å². The number of nitrogens with zero attached hydrogens (tertiary/aromatic N) is 1. The van der Waals surface area contributed by atoms with E-state index in [0.29, 0.717) is 23.3 Å². The van der Waals surface area contributed by atoms with Crippen molar-refractivity contribution in [2.75, 3.05) is 13.2 Å². The normalized spacial score (nSPS) is 10.8. The van der Waals surface area contributed by atoms with Gasteiger partial charge in [-0.2, -0.15) is 0 Å². The summed E-state index contributed by atoms with van der Waals surface area (Å²) in [5.41, 5.74) is 0.314. The number of ether oxygens (including phenoxy) is 1. The van der Waals surface area contributed by atoms with Gasteiger partial charge in [0.1, 0.15) is 18.0 Å². The van der Waals surface area contributed by atoms with Gasteiger partial charge in [-0.3, -0.25) is 9.59 Å². The highest BCUT2D eigenvalue weighted by Gasteiger charge is 2.15. The summed E-state index contributed by atoms with van der Waals surface area (Å²) < 4.78 is 5.79. The highest BCUT2D eigenvalue weighted by atomic mass is 16.5. The van der Waals surface area contributed by atoms with E-state index >= 15 is 0 Å². The number of rotatable bonds is 13. The van der Waals surface area contributed by atoms with Gasteiger partial charge in [0.05, 0.1) is 12.1 Å². The summed E-state index contributed by atoms with van der Waals surface area (Å²) in [5.74, 6) is -1.52. The molecule has 0 unspecified atom stereocenters. The van der Waals surface area contributed by atoms with Crippen molar-refractivity contribution in [3.05, 3.63) is 30.0 Å². The van der Waals surface area contributed by atoms with E-state index in [1.807, 2.05) is 0 Å². The van der Waals surface area contributed by atoms with E-state index in [4.69, 9.17) is 9.84 Å². The average Bonchev–Trinajstić information content (AvgIpc) is 2.70. The molecule has 0 spiro atoms. The van der Waals surface area contributed by atoms with Gasteiger partial charge in [-0.25, -0.2) is 4.98 Å². The Morgan fingerprint density at radius 1 is 1.03 bits per heavy atom. The highest BCUT2D eigenvalue weighted by Crippen LogP contribution is 2.25. The van der Waals surface area contributed by atoms with Crippen molar-refractivity contribution in [3.8, 4) is 11.5 Å². The molecule has 3 N–H and O–H groups in total. The van der Waals surface area contributed by atoms with Crippen molar-refractivity contribution >= 4 is 22.8 Å². The number of carbonyl (C=O) groups excluding carboxylic acids is 1. The number of amides is 1. The second kappa shape index (κ2) is 11.9. The number of aromatic hydroxyl groups is 1. The average molecular weight is 402 g/mol. The number of pyridine rings is 1. The molecule has 2 rings (SSSR count). The van der Waals surface area contributed by atoms with Gasteiger partial charge in [-0.1, -0.05) is 51.9 Å². The van der Waals surface area contributed by atoms with E-state index < -0.39 is 18.4 Å². The van der Waals surface area contributed by atoms with E-state index in [9.17, 15) is 14.7 Å². The molecular weight excluding hydrogens is 372 g/mol. The molecule has 0 bridgehead atoms. The Bertz CT molecular complexity index is 822. The van der Waals surface area contributed by atoms with Crippen LogP contribution in [0.1, 0.15) is 68.8 Å². The fourth-order valence-electron chi connectivity index (χ4n) is 3.07. The van der Waals surface area contributed by atoms with Crippen LogP contribution in [0.4, 0.5) is 0 Å². The molecule has 158 valence electrons. The summed E-state index contributed by atoms with van der Waals surface area (Å²) >= 11 is 0. The highest BCUT2D eigenvalue weighted by molar-refractivity contribution is 5.99. The van der Waals surface area contributed by atoms with Crippen molar-refractivity contribution in [1.29, 1.82) is 0 Å². The molecule has 7 nitrogen and oxygen atoms in total. The summed E-state index contributed by atoms with van der Waals surface area (Å²) in [7, 11) is 0. The SMILES string of the molecule is CCCCCCCCCCOc1ccc2nc(C(=O)NCC(=O)O)c(O)cc2c1. The largest absolute Gasteiger partial charge is 0.505 e. The van der Waals surface area contributed by atoms with Crippen molar-refractivity contribution in [3.63, 3.8) is 0 Å². The molecule has 0 aliphatic rings. The molecule has 7 heteroatoms. The molecule has 0 atom stereocenters. The van der Waals surface area contributed by atoms with Crippen LogP contribution in [-0.2, 0) is 4.79 Å². The maximum Gasteiger partial charge on any atom is 0.322 e. The lowest BCUT2D eigenvalue weighted by molar-refractivity contribution is -0.135. The van der Waals surface area contributed by atoms with Crippen LogP contribution in [0.15, 0.2) is 24.3 Å². The number of hydrogen-bond donors (Lipinski definition) is 3.